The number of rotatable bonds is 6. The lowest BCUT2D eigenvalue weighted by Crippen LogP contribution is -2.20. The van der Waals surface area contributed by atoms with Crippen LogP contribution in [0.15, 0.2) is 24.4 Å². The third-order valence-electron chi connectivity index (χ3n) is 3.09. The molecule has 0 aliphatic carbocycles. The Hall–Kier alpha value is -2.50. The lowest BCUT2D eigenvalue weighted by molar-refractivity contribution is -0.153. The highest BCUT2D eigenvalue weighted by molar-refractivity contribution is 6.38. The number of carbonyl (C=O) groups is 3. The molecule has 0 radical (unpaired) electrons. The number of ketones is 2. The van der Waals surface area contributed by atoms with E-state index < -0.39 is 24.0 Å². The molecule has 0 saturated heterocycles. The van der Waals surface area contributed by atoms with E-state index in [1.54, 1.807) is 36.0 Å². The fraction of sp³-hybridized carbons (Fsp3) is 0.333. The van der Waals surface area contributed by atoms with Crippen LogP contribution in [0.1, 0.15) is 30.6 Å². The van der Waals surface area contributed by atoms with E-state index in [4.69, 9.17) is 0 Å². The van der Waals surface area contributed by atoms with Gasteiger partial charge in [0.15, 0.2) is 5.78 Å². The molecular formula is C15H16N2O4. The molecule has 0 bridgehead atoms. The summed E-state index contributed by atoms with van der Waals surface area (Å²) in [6.07, 6.45) is 1.24. The highest BCUT2D eigenvalue weighted by Crippen LogP contribution is 2.17. The summed E-state index contributed by atoms with van der Waals surface area (Å²) in [5.41, 5.74) is 1.21. The topological polar surface area (TPSA) is 78.3 Å². The van der Waals surface area contributed by atoms with E-state index in [2.05, 4.69) is 9.84 Å². The summed E-state index contributed by atoms with van der Waals surface area (Å²) in [7, 11) is 0. The van der Waals surface area contributed by atoms with Gasteiger partial charge < -0.3 is 4.74 Å². The van der Waals surface area contributed by atoms with E-state index >= 15 is 0 Å². The van der Waals surface area contributed by atoms with Gasteiger partial charge >= 0.3 is 5.97 Å². The second-order valence-electron chi connectivity index (χ2n) is 4.48. The first kappa shape index (κ1) is 14.9. The van der Waals surface area contributed by atoms with Crippen molar-refractivity contribution in [3.8, 4) is 0 Å². The van der Waals surface area contributed by atoms with E-state index in [1.165, 1.54) is 0 Å². The molecule has 2 rings (SSSR count). The van der Waals surface area contributed by atoms with Crippen LogP contribution in [-0.2, 0) is 20.9 Å². The van der Waals surface area contributed by atoms with Gasteiger partial charge in [-0.05, 0) is 19.9 Å². The number of esters is 1. The lowest BCUT2D eigenvalue weighted by Gasteiger charge is -2.03. The van der Waals surface area contributed by atoms with Crippen LogP contribution in [0, 0.1) is 0 Å². The number of fused-ring (bicyclic) bond motifs is 1. The minimum Gasteiger partial charge on any atom is -0.460 e. The quantitative estimate of drug-likeness (QED) is 0.350. The summed E-state index contributed by atoms with van der Waals surface area (Å²) in [5, 5.41) is 5.11. The summed E-state index contributed by atoms with van der Waals surface area (Å²) in [6, 6.07) is 5.09. The van der Waals surface area contributed by atoms with Gasteiger partial charge in [0.05, 0.1) is 24.7 Å². The number of carbonyl (C=O) groups excluding carboxylic acids is 3. The second-order valence-corrected chi connectivity index (χ2v) is 4.48. The van der Waals surface area contributed by atoms with Crippen LogP contribution in [0.5, 0.6) is 0 Å². The van der Waals surface area contributed by atoms with Crippen molar-refractivity contribution in [2.45, 2.75) is 26.8 Å². The molecule has 1 aromatic carbocycles. The third kappa shape index (κ3) is 3.16. The van der Waals surface area contributed by atoms with Crippen molar-refractivity contribution < 1.29 is 19.1 Å². The Morgan fingerprint density at radius 3 is 2.67 bits per heavy atom. The lowest BCUT2D eigenvalue weighted by atomic mass is 10.0. The zero-order chi connectivity index (χ0) is 15.4. The summed E-state index contributed by atoms with van der Waals surface area (Å²) >= 11 is 0. The Bertz CT molecular complexity index is 703. The smallest absolute Gasteiger partial charge is 0.375 e. The van der Waals surface area contributed by atoms with E-state index in [0.717, 1.165) is 10.9 Å². The summed E-state index contributed by atoms with van der Waals surface area (Å²) in [5.74, 6) is -2.20. The average molecular weight is 288 g/mol. The van der Waals surface area contributed by atoms with Crippen molar-refractivity contribution in [2.24, 2.45) is 0 Å². The maximum Gasteiger partial charge on any atom is 0.375 e. The molecule has 1 aromatic heterocycles. The predicted octanol–water partition coefficient (Wildman–Crippen LogP) is 1.76. The monoisotopic (exact) mass is 288 g/mol. The van der Waals surface area contributed by atoms with E-state index in [-0.39, 0.29) is 6.61 Å². The van der Waals surface area contributed by atoms with Crippen molar-refractivity contribution in [1.82, 2.24) is 9.78 Å². The van der Waals surface area contributed by atoms with E-state index in [0.29, 0.717) is 12.1 Å². The van der Waals surface area contributed by atoms with Crippen LogP contribution in [0.3, 0.4) is 0 Å². The highest BCUT2D eigenvalue weighted by atomic mass is 16.5. The SMILES string of the molecule is CCOC(=O)C(=O)CC(=O)c1ccc2cnn(CC)c2c1. The molecule has 0 aliphatic rings. The number of hydrogen-bond acceptors (Lipinski definition) is 5. The summed E-state index contributed by atoms with van der Waals surface area (Å²) in [6.45, 7) is 4.35. The van der Waals surface area contributed by atoms with Crippen molar-refractivity contribution in [2.75, 3.05) is 6.61 Å². The molecule has 21 heavy (non-hydrogen) atoms. The van der Waals surface area contributed by atoms with Crippen molar-refractivity contribution in [3.05, 3.63) is 30.0 Å². The zero-order valence-electron chi connectivity index (χ0n) is 12.0. The Kier molecular flexibility index (Phi) is 4.47. The molecule has 1 heterocycles. The van der Waals surface area contributed by atoms with Gasteiger partial charge in [-0.1, -0.05) is 12.1 Å². The molecule has 2 aromatic rings. The van der Waals surface area contributed by atoms with Gasteiger partial charge in [0.1, 0.15) is 0 Å². The Balaban J connectivity index is 2.19. The molecule has 110 valence electrons. The van der Waals surface area contributed by atoms with Crippen LogP contribution in [0.2, 0.25) is 0 Å². The molecule has 0 aliphatic heterocycles. The summed E-state index contributed by atoms with van der Waals surface area (Å²) < 4.78 is 6.34. The number of nitrogens with zero attached hydrogens (tertiary/aromatic N) is 2. The number of Topliss-reactive ketones (excluding diaryl/α,β-unsaturated/α-hetero) is 2. The number of ether oxygens (including phenoxy) is 1. The standard InChI is InChI=1S/C15H16N2O4/c1-3-17-12-7-10(5-6-11(12)9-16-17)13(18)8-14(19)15(20)21-4-2/h5-7,9H,3-4,8H2,1-2H3. The van der Waals surface area contributed by atoms with Crippen LogP contribution < -0.4 is 0 Å². The van der Waals surface area contributed by atoms with Crippen LogP contribution >= 0.6 is 0 Å². The first-order valence-corrected chi connectivity index (χ1v) is 6.75. The first-order chi connectivity index (χ1) is 10.1. The van der Waals surface area contributed by atoms with E-state index in [9.17, 15) is 14.4 Å². The van der Waals surface area contributed by atoms with Gasteiger partial charge in [-0.2, -0.15) is 5.10 Å². The predicted molar refractivity (Wildman–Crippen MR) is 76.0 cm³/mol. The molecule has 0 spiro atoms. The Morgan fingerprint density at radius 1 is 1.24 bits per heavy atom. The molecule has 6 heteroatoms. The number of aromatic nitrogens is 2. The second kappa shape index (κ2) is 6.30. The normalized spacial score (nSPS) is 10.6. The third-order valence-corrected chi connectivity index (χ3v) is 3.09. The molecular weight excluding hydrogens is 272 g/mol. The van der Waals surface area contributed by atoms with Crippen molar-refractivity contribution >= 4 is 28.4 Å². The number of benzene rings is 1. The van der Waals surface area contributed by atoms with Crippen LogP contribution in [0.4, 0.5) is 0 Å². The van der Waals surface area contributed by atoms with Crippen LogP contribution in [-0.4, -0.2) is 33.9 Å². The summed E-state index contributed by atoms with van der Waals surface area (Å²) in [4.78, 5) is 34.9. The molecule has 6 nitrogen and oxygen atoms in total. The zero-order valence-corrected chi connectivity index (χ0v) is 12.0. The van der Waals surface area contributed by atoms with Gasteiger partial charge in [0.25, 0.3) is 0 Å². The first-order valence-electron chi connectivity index (χ1n) is 6.75. The molecule has 0 fully saturated rings. The van der Waals surface area contributed by atoms with Crippen LogP contribution in [0.25, 0.3) is 10.9 Å². The van der Waals surface area contributed by atoms with Gasteiger partial charge in [-0.3, -0.25) is 14.3 Å². The van der Waals surface area contributed by atoms with Gasteiger partial charge in [-0.15, -0.1) is 0 Å². The largest absolute Gasteiger partial charge is 0.460 e. The average Bonchev–Trinajstić information content (AvgIpc) is 2.89. The Morgan fingerprint density at radius 2 is 2.00 bits per heavy atom. The maximum absolute atomic E-state index is 12.1. The van der Waals surface area contributed by atoms with Gasteiger partial charge in [0.2, 0.25) is 5.78 Å². The van der Waals surface area contributed by atoms with Crippen molar-refractivity contribution in [1.29, 1.82) is 0 Å². The maximum atomic E-state index is 12.1. The fourth-order valence-corrected chi connectivity index (χ4v) is 2.03. The molecule has 0 N–H and O–H groups in total. The number of hydrogen-bond donors (Lipinski definition) is 0. The van der Waals surface area contributed by atoms with Gasteiger partial charge in [-0.25, -0.2) is 4.79 Å². The van der Waals surface area contributed by atoms with Gasteiger partial charge in [0, 0.05) is 17.5 Å². The van der Waals surface area contributed by atoms with E-state index in [1.807, 2.05) is 6.92 Å². The minimum atomic E-state index is -0.967. The molecule has 0 saturated carbocycles. The molecule has 0 amide bonds. The highest BCUT2D eigenvalue weighted by Gasteiger charge is 2.20. The van der Waals surface area contributed by atoms with Crippen molar-refractivity contribution in [3.63, 3.8) is 0 Å². The fourth-order valence-electron chi connectivity index (χ4n) is 2.03. The minimum absolute atomic E-state index is 0.112. The molecule has 0 unspecified atom stereocenters. The Labute approximate surface area is 121 Å². The number of aryl methyl sites for hydroxylation is 1. The molecule has 0 atom stereocenters.